The summed E-state index contributed by atoms with van der Waals surface area (Å²) in [4.78, 5) is 14.0. The van der Waals surface area contributed by atoms with Crippen molar-refractivity contribution in [1.82, 2.24) is 19.8 Å². The van der Waals surface area contributed by atoms with Gasteiger partial charge < -0.3 is 9.42 Å². The zero-order valence-electron chi connectivity index (χ0n) is 15.9. The second-order valence-corrected chi connectivity index (χ2v) is 7.07. The number of aromatic nitrogens is 3. The summed E-state index contributed by atoms with van der Waals surface area (Å²) < 4.78 is 86.5. The quantitative estimate of drug-likeness (QED) is 0.418. The molecule has 2 heterocycles. The number of carbonyl (C=O) groups excluding carboxylic acids is 1. The van der Waals surface area contributed by atoms with Gasteiger partial charge in [0.25, 0.3) is 12.3 Å². The van der Waals surface area contributed by atoms with Crippen molar-refractivity contribution in [1.29, 1.82) is 0 Å². The van der Waals surface area contributed by atoms with Crippen LogP contribution in [0.25, 0.3) is 11.3 Å². The van der Waals surface area contributed by atoms with Crippen molar-refractivity contribution in [2.24, 2.45) is 7.05 Å². The average Bonchev–Trinajstić information content (AvgIpc) is 3.37. The number of carbonyl (C=O) groups is 1. The first kappa shape index (κ1) is 20.9. The van der Waals surface area contributed by atoms with E-state index in [1.54, 1.807) is 0 Å². The van der Waals surface area contributed by atoms with Crippen LogP contribution in [0.2, 0.25) is 0 Å². The van der Waals surface area contributed by atoms with Crippen LogP contribution in [0.4, 0.5) is 26.3 Å². The molecule has 1 amide bonds. The van der Waals surface area contributed by atoms with Gasteiger partial charge in [0.15, 0.2) is 23.2 Å². The maximum atomic E-state index is 14.3. The molecule has 0 aliphatic heterocycles. The lowest BCUT2D eigenvalue weighted by Gasteiger charge is -2.20. The molecule has 0 spiro atoms. The van der Waals surface area contributed by atoms with Gasteiger partial charge in [-0.1, -0.05) is 5.16 Å². The van der Waals surface area contributed by atoms with Gasteiger partial charge in [0.05, 0.1) is 6.54 Å². The predicted octanol–water partition coefficient (Wildman–Crippen LogP) is 4.37. The van der Waals surface area contributed by atoms with E-state index < -0.39 is 47.0 Å². The summed E-state index contributed by atoms with van der Waals surface area (Å²) in [5.74, 6) is -6.59. The summed E-state index contributed by atoms with van der Waals surface area (Å²) in [6.07, 6.45) is -2.00. The maximum Gasteiger partial charge on any atom is 0.283 e. The van der Waals surface area contributed by atoms with Crippen molar-refractivity contribution in [3.8, 4) is 11.3 Å². The van der Waals surface area contributed by atoms with Crippen LogP contribution in [-0.4, -0.2) is 31.8 Å². The van der Waals surface area contributed by atoms with Crippen molar-refractivity contribution < 1.29 is 35.7 Å². The van der Waals surface area contributed by atoms with Gasteiger partial charge in [0.2, 0.25) is 5.95 Å². The molecule has 0 atom stereocenters. The highest BCUT2D eigenvalue weighted by Gasteiger charge is 2.38. The highest BCUT2D eigenvalue weighted by Crippen LogP contribution is 2.33. The fourth-order valence-electron chi connectivity index (χ4n) is 3.16. The fraction of sp³-hybridized carbons (Fsp3) is 0.316. The van der Waals surface area contributed by atoms with Crippen molar-refractivity contribution >= 4 is 5.91 Å². The van der Waals surface area contributed by atoms with E-state index in [4.69, 9.17) is 4.52 Å². The number of halogens is 6. The van der Waals surface area contributed by atoms with Gasteiger partial charge >= 0.3 is 0 Å². The minimum Gasteiger partial charge on any atom is -0.359 e. The Morgan fingerprint density at radius 2 is 1.84 bits per heavy atom. The standard InChI is InChI=1S/C19H14F6N4O2/c1-28-18(25)14(16(26-28)17(23)24)19(30)29(9-2-3-9)7-10-6-13(27-31-10)8-4-11(20)15(22)12(21)5-8/h4-6,9,17H,2-3,7H2,1H3. The van der Waals surface area contributed by atoms with Crippen LogP contribution in [-0.2, 0) is 13.6 Å². The molecule has 0 unspecified atom stereocenters. The Labute approximate surface area is 171 Å². The van der Waals surface area contributed by atoms with Crippen molar-refractivity contribution in [2.75, 3.05) is 0 Å². The summed E-state index contributed by atoms with van der Waals surface area (Å²) in [6.45, 7) is -0.250. The Bertz CT molecular complexity index is 1130. The molecule has 0 radical (unpaired) electrons. The third-order valence-corrected chi connectivity index (χ3v) is 4.84. The van der Waals surface area contributed by atoms with Gasteiger partial charge in [0, 0.05) is 24.7 Å². The van der Waals surface area contributed by atoms with Gasteiger partial charge in [-0.2, -0.15) is 9.49 Å². The molecule has 164 valence electrons. The summed E-state index contributed by atoms with van der Waals surface area (Å²) in [6, 6.07) is 2.39. The van der Waals surface area contributed by atoms with E-state index in [9.17, 15) is 31.1 Å². The topological polar surface area (TPSA) is 64.2 Å². The van der Waals surface area contributed by atoms with E-state index in [1.165, 1.54) is 6.07 Å². The van der Waals surface area contributed by atoms with Gasteiger partial charge in [-0.25, -0.2) is 26.6 Å². The van der Waals surface area contributed by atoms with Gasteiger partial charge in [-0.05, 0) is 25.0 Å². The van der Waals surface area contributed by atoms with Crippen LogP contribution in [0.15, 0.2) is 22.7 Å². The van der Waals surface area contributed by atoms with E-state index in [-0.39, 0.29) is 29.6 Å². The molecule has 3 aromatic rings. The monoisotopic (exact) mass is 444 g/mol. The molecule has 1 saturated carbocycles. The molecule has 1 aromatic carbocycles. The highest BCUT2D eigenvalue weighted by atomic mass is 19.3. The molecule has 4 rings (SSSR count). The Morgan fingerprint density at radius 3 is 2.42 bits per heavy atom. The van der Waals surface area contributed by atoms with Gasteiger partial charge in [0.1, 0.15) is 17.0 Å². The minimum atomic E-state index is -3.16. The second kappa shape index (κ2) is 7.75. The molecule has 0 bridgehead atoms. The first-order valence-electron chi connectivity index (χ1n) is 9.09. The molecule has 31 heavy (non-hydrogen) atoms. The zero-order valence-corrected chi connectivity index (χ0v) is 15.9. The van der Waals surface area contributed by atoms with E-state index in [2.05, 4.69) is 10.3 Å². The molecule has 12 heteroatoms. The summed E-state index contributed by atoms with van der Waals surface area (Å²) in [5.41, 5.74) is -1.93. The number of benzene rings is 1. The van der Waals surface area contributed by atoms with Crippen LogP contribution < -0.4 is 0 Å². The lowest BCUT2D eigenvalue weighted by atomic mass is 10.1. The molecule has 6 nitrogen and oxygen atoms in total. The van der Waals surface area contributed by atoms with Crippen molar-refractivity contribution in [3.05, 3.63) is 58.6 Å². The lowest BCUT2D eigenvalue weighted by molar-refractivity contribution is 0.0696. The van der Waals surface area contributed by atoms with Crippen LogP contribution in [0.5, 0.6) is 0 Å². The zero-order chi connectivity index (χ0) is 22.4. The van der Waals surface area contributed by atoms with E-state index in [1.807, 2.05) is 0 Å². The first-order chi connectivity index (χ1) is 14.7. The molecule has 0 N–H and O–H groups in total. The minimum absolute atomic E-state index is 0.0307. The first-order valence-corrected chi connectivity index (χ1v) is 9.09. The number of alkyl halides is 2. The average molecular weight is 444 g/mol. The lowest BCUT2D eigenvalue weighted by Crippen LogP contribution is -2.33. The molecule has 2 aromatic heterocycles. The van der Waals surface area contributed by atoms with E-state index >= 15 is 0 Å². The molecular weight excluding hydrogens is 430 g/mol. The summed E-state index contributed by atoms with van der Waals surface area (Å²) >= 11 is 0. The normalized spacial score (nSPS) is 13.8. The number of amides is 1. The van der Waals surface area contributed by atoms with Crippen molar-refractivity contribution in [2.45, 2.75) is 31.9 Å². The van der Waals surface area contributed by atoms with Crippen LogP contribution >= 0.6 is 0 Å². The van der Waals surface area contributed by atoms with Gasteiger partial charge in [-0.3, -0.25) is 4.79 Å². The van der Waals surface area contributed by atoms with Crippen LogP contribution in [0.1, 0.15) is 41.1 Å². The number of rotatable bonds is 6. The Balaban J connectivity index is 1.62. The molecule has 0 saturated heterocycles. The molecule has 1 aliphatic carbocycles. The fourth-order valence-corrected chi connectivity index (χ4v) is 3.16. The SMILES string of the molecule is Cn1nc(C(F)F)c(C(=O)N(Cc2cc(-c3cc(F)c(F)c(F)c3)no2)C2CC2)c1F. The Kier molecular flexibility index (Phi) is 5.23. The number of hydrogen-bond donors (Lipinski definition) is 0. The maximum absolute atomic E-state index is 14.3. The van der Waals surface area contributed by atoms with Crippen LogP contribution in [0, 0.1) is 23.4 Å². The highest BCUT2D eigenvalue weighted by molar-refractivity contribution is 5.96. The summed E-state index contributed by atoms with van der Waals surface area (Å²) in [7, 11) is 1.10. The van der Waals surface area contributed by atoms with E-state index in [0.717, 1.165) is 24.1 Å². The van der Waals surface area contributed by atoms with E-state index in [0.29, 0.717) is 17.5 Å². The second-order valence-electron chi connectivity index (χ2n) is 7.07. The molecule has 1 fully saturated rings. The molecule has 1 aliphatic rings. The number of hydrogen-bond acceptors (Lipinski definition) is 4. The number of aryl methyl sites for hydroxylation is 1. The third-order valence-electron chi connectivity index (χ3n) is 4.84. The molecular formula is C19H14F6N4O2. The van der Waals surface area contributed by atoms with Crippen LogP contribution in [0.3, 0.4) is 0 Å². The van der Waals surface area contributed by atoms with Gasteiger partial charge in [-0.15, -0.1) is 0 Å². The largest absolute Gasteiger partial charge is 0.359 e. The Morgan fingerprint density at radius 1 is 1.19 bits per heavy atom. The van der Waals surface area contributed by atoms with Crippen molar-refractivity contribution in [3.63, 3.8) is 0 Å². The Hall–Kier alpha value is -3.31. The third kappa shape index (κ3) is 3.89. The predicted molar refractivity (Wildman–Crippen MR) is 92.8 cm³/mol. The summed E-state index contributed by atoms with van der Waals surface area (Å²) in [5, 5.41) is 7.03. The number of nitrogens with zero attached hydrogens (tertiary/aromatic N) is 4. The smallest absolute Gasteiger partial charge is 0.283 e.